The molecule has 1 aromatic rings. The highest BCUT2D eigenvalue weighted by Crippen LogP contribution is 2.54. The molecule has 0 radical (unpaired) electrons. The molecule has 0 bridgehead atoms. The van der Waals surface area contributed by atoms with Crippen LogP contribution in [0.15, 0.2) is 32.2 Å². The average molecular weight is 422 g/mol. The molecule has 9 nitrogen and oxygen atoms in total. The monoisotopic (exact) mass is 422 g/mol. The predicted octanol–water partition coefficient (Wildman–Crippen LogP) is 3.03. The summed E-state index contributed by atoms with van der Waals surface area (Å²) in [5.74, 6) is -1.87. The van der Waals surface area contributed by atoms with Gasteiger partial charge in [0.1, 0.15) is 9.81 Å². The molecule has 146 valence electrons. The van der Waals surface area contributed by atoms with E-state index in [1.807, 2.05) is 0 Å². The summed E-state index contributed by atoms with van der Waals surface area (Å²) in [6.07, 6.45) is 0. The number of esters is 2. The number of anilines is 1. The third kappa shape index (κ3) is 3.62. The van der Waals surface area contributed by atoms with Crippen molar-refractivity contribution in [3.63, 3.8) is 0 Å². The summed E-state index contributed by atoms with van der Waals surface area (Å²) in [7, 11) is 0. The Labute approximate surface area is 167 Å². The number of carbonyl (C=O) groups excluding carboxylic acids is 3. The fourth-order valence-corrected chi connectivity index (χ4v) is 5.07. The van der Waals surface area contributed by atoms with Gasteiger partial charge in [-0.15, -0.1) is 0 Å². The SMILES string of the molecule is CCOC(=O)C1=C(C(=O)OCC)SC(=C2C(=O)Nc3ccc([N+](=O)[O-])cc32)S1. The molecule has 0 spiro atoms. The van der Waals surface area contributed by atoms with E-state index in [0.717, 1.165) is 23.5 Å². The molecule has 11 heteroatoms. The summed E-state index contributed by atoms with van der Waals surface area (Å²) >= 11 is 1.83. The molecule has 1 amide bonds. The van der Waals surface area contributed by atoms with Crippen molar-refractivity contribution >= 4 is 58.3 Å². The van der Waals surface area contributed by atoms with Gasteiger partial charge >= 0.3 is 11.9 Å². The van der Waals surface area contributed by atoms with Crippen LogP contribution in [-0.2, 0) is 23.9 Å². The van der Waals surface area contributed by atoms with E-state index < -0.39 is 22.8 Å². The second-order valence-electron chi connectivity index (χ2n) is 5.41. The Kier molecular flexibility index (Phi) is 5.75. The standard InChI is InChI=1S/C17H14N2O7S2/c1-3-25-15(21)12-13(16(22)26-4-2)28-17(27-12)11-9-7-8(19(23)24)5-6-10(9)18-14(11)20/h5-7H,3-4H2,1-2H3,(H,18,20). The average Bonchev–Trinajstić information content (AvgIpc) is 3.21. The summed E-state index contributed by atoms with van der Waals surface area (Å²) in [5, 5.41) is 13.7. The van der Waals surface area contributed by atoms with Gasteiger partial charge in [0.2, 0.25) is 0 Å². The van der Waals surface area contributed by atoms with E-state index in [9.17, 15) is 24.5 Å². The van der Waals surface area contributed by atoms with Gasteiger partial charge in [-0.2, -0.15) is 0 Å². The van der Waals surface area contributed by atoms with Crippen LogP contribution in [0.25, 0.3) is 5.57 Å². The molecule has 0 saturated carbocycles. The molecule has 2 aliphatic heterocycles. The van der Waals surface area contributed by atoms with Gasteiger partial charge in [-0.1, -0.05) is 23.5 Å². The summed E-state index contributed by atoms with van der Waals surface area (Å²) in [4.78, 5) is 47.6. The number of non-ortho nitro benzene ring substituents is 1. The molecule has 0 saturated heterocycles. The van der Waals surface area contributed by atoms with Gasteiger partial charge in [0.05, 0.1) is 27.9 Å². The topological polar surface area (TPSA) is 125 Å². The molecular formula is C17H14N2O7S2. The number of carbonyl (C=O) groups is 3. The third-order valence-corrected chi connectivity index (χ3v) is 6.24. The number of hydrogen-bond acceptors (Lipinski definition) is 9. The second-order valence-corrected chi connectivity index (χ2v) is 7.71. The molecule has 1 N–H and O–H groups in total. The largest absolute Gasteiger partial charge is 0.462 e. The summed E-state index contributed by atoms with van der Waals surface area (Å²) in [6.45, 7) is 3.50. The minimum absolute atomic E-state index is 0.0273. The highest BCUT2D eigenvalue weighted by atomic mass is 32.2. The Morgan fingerprint density at radius 3 is 2.18 bits per heavy atom. The van der Waals surface area contributed by atoms with Crippen molar-refractivity contribution in [2.75, 3.05) is 18.5 Å². The van der Waals surface area contributed by atoms with E-state index >= 15 is 0 Å². The lowest BCUT2D eigenvalue weighted by Crippen LogP contribution is -2.11. The number of rotatable bonds is 5. The molecule has 28 heavy (non-hydrogen) atoms. The van der Waals surface area contributed by atoms with Crippen LogP contribution in [0, 0.1) is 10.1 Å². The Morgan fingerprint density at radius 1 is 1.11 bits per heavy atom. The number of nitro groups is 1. The lowest BCUT2D eigenvalue weighted by molar-refractivity contribution is -0.384. The number of ether oxygens (including phenoxy) is 2. The molecule has 0 atom stereocenters. The third-order valence-electron chi connectivity index (χ3n) is 3.68. The minimum atomic E-state index is -0.698. The van der Waals surface area contributed by atoms with Crippen LogP contribution >= 0.6 is 23.5 Å². The van der Waals surface area contributed by atoms with Crippen molar-refractivity contribution in [2.45, 2.75) is 13.8 Å². The summed E-state index contributed by atoms with van der Waals surface area (Å²) in [6, 6.07) is 4.01. The number of nitrogens with one attached hydrogen (secondary N) is 1. The molecular weight excluding hydrogens is 408 g/mol. The Hall–Kier alpha value is -2.79. The van der Waals surface area contributed by atoms with Gasteiger partial charge in [-0.05, 0) is 19.9 Å². The zero-order valence-corrected chi connectivity index (χ0v) is 16.4. The smallest absolute Gasteiger partial charge is 0.346 e. The van der Waals surface area contributed by atoms with E-state index in [1.54, 1.807) is 13.8 Å². The van der Waals surface area contributed by atoms with Gasteiger partial charge in [0.15, 0.2) is 0 Å². The van der Waals surface area contributed by atoms with Crippen LogP contribution in [0.5, 0.6) is 0 Å². The number of amides is 1. The number of thioether (sulfide) groups is 2. The van der Waals surface area contributed by atoms with E-state index in [4.69, 9.17) is 9.47 Å². The second kappa shape index (κ2) is 8.07. The predicted molar refractivity (Wildman–Crippen MR) is 104 cm³/mol. The Balaban J connectivity index is 2.06. The maximum Gasteiger partial charge on any atom is 0.346 e. The van der Waals surface area contributed by atoms with Gasteiger partial charge in [0, 0.05) is 23.4 Å². The van der Waals surface area contributed by atoms with E-state index in [1.165, 1.54) is 18.2 Å². The number of hydrogen-bond donors (Lipinski definition) is 1. The molecule has 0 aromatic heterocycles. The van der Waals surface area contributed by atoms with E-state index in [2.05, 4.69) is 5.32 Å². The molecule has 2 aliphatic rings. The Morgan fingerprint density at radius 2 is 1.68 bits per heavy atom. The lowest BCUT2D eigenvalue weighted by atomic mass is 10.1. The van der Waals surface area contributed by atoms with Gasteiger partial charge < -0.3 is 14.8 Å². The van der Waals surface area contributed by atoms with Crippen LogP contribution in [-0.4, -0.2) is 36.0 Å². The van der Waals surface area contributed by atoms with Crippen LogP contribution in [0.2, 0.25) is 0 Å². The van der Waals surface area contributed by atoms with Crippen molar-refractivity contribution < 1.29 is 28.8 Å². The lowest BCUT2D eigenvalue weighted by Gasteiger charge is -2.04. The highest BCUT2D eigenvalue weighted by molar-refractivity contribution is 8.29. The molecule has 3 rings (SSSR count). The Bertz CT molecular complexity index is 936. The quantitative estimate of drug-likeness (QED) is 0.330. The maximum absolute atomic E-state index is 12.5. The van der Waals surface area contributed by atoms with Gasteiger partial charge in [0.25, 0.3) is 11.6 Å². The zero-order chi connectivity index (χ0) is 20.4. The number of fused-ring (bicyclic) bond motifs is 1. The van der Waals surface area contributed by atoms with E-state index in [-0.39, 0.29) is 34.3 Å². The summed E-state index contributed by atoms with van der Waals surface area (Å²) in [5.41, 5.74) is 0.740. The number of benzene rings is 1. The van der Waals surface area contributed by atoms with Crippen LogP contribution in [0.1, 0.15) is 19.4 Å². The number of nitro benzene ring substituents is 1. The van der Waals surface area contributed by atoms with Crippen molar-refractivity contribution in [3.05, 3.63) is 47.9 Å². The molecule has 1 aromatic carbocycles. The van der Waals surface area contributed by atoms with Crippen molar-refractivity contribution in [1.29, 1.82) is 0 Å². The molecule has 0 fully saturated rings. The van der Waals surface area contributed by atoms with Gasteiger partial charge in [-0.25, -0.2) is 9.59 Å². The van der Waals surface area contributed by atoms with E-state index in [0.29, 0.717) is 15.5 Å². The van der Waals surface area contributed by atoms with Gasteiger partial charge in [-0.3, -0.25) is 14.9 Å². The first kappa shape index (κ1) is 20.0. The molecule has 0 aliphatic carbocycles. The van der Waals surface area contributed by atoms with Crippen molar-refractivity contribution in [3.8, 4) is 0 Å². The fourth-order valence-electron chi connectivity index (χ4n) is 2.53. The maximum atomic E-state index is 12.5. The normalized spacial score (nSPS) is 15.4. The van der Waals surface area contributed by atoms with Crippen molar-refractivity contribution in [2.24, 2.45) is 0 Å². The van der Waals surface area contributed by atoms with Crippen LogP contribution < -0.4 is 5.32 Å². The molecule has 0 unspecified atom stereocenters. The zero-order valence-electron chi connectivity index (χ0n) is 14.8. The summed E-state index contributed by atoms with van der Waals surface area (Å²) < 4.78 is 10.3. The van der Waals surface area contributed by atoms with Crippen LogP contribution in [0.3, 0.4) is 0 Å². The minimum Gasteiger partial charge on any atom is -0.462 e. The first-order valence-corrected chi connectivity index (χ1v) is 9.79. The first-order valence-electron chi connectivity index (χ1n) is 8.16. The number of nitrogens with zero attached hydrogens (tertiary/aromatic N) is 1. The first-order chi connectivity index (χ1) is 13.4. The molecule has 2 heterocycles. The fraction of sp³-hybridized carbons (Fsp3) is 0.235. The highest BCUT2D eigenvalue weighted by Gasteiger charge is 2.38. The van der Waals surface area contributed by atoms with Crippen molar-refractivity contribution in [1.82, 2.24) is 0 Å². The van der Waals surface area contributed by atoms with Crippen LogP contribution in [0.4, 0.5) is 11.4 Å².